The van der Waals surface area contributed by atoms with Crippen molar-refractivity contribution in [1.82, 2.24) is 14.9 Å². The smallest absolute Gasteiger partial charge is 0.341 e. The van der Waals surface area contributed by atoms with Crippen LogP contribution in [0.3, 0.4) is 0 Å². The number of carbonyl (C=O) groups excluding carboxylic acids is 2. The number of esters is 1. The highest BCUT2D eigenvalue weighted by atomic mass is 32.2. The molecule has 0 aliphatic heterocycles. The van der Waals surface area contributed by atoms with Gasteiger partial charge in [0, 0.05) is 4.88 Å². The van der Waals surface area contributed by atoms with Crippen molar-refractivity contribution in [2.75, 3.05) is 24.0 Å². The van der Waals surface area contributed by atoms with Gasteiger partial charge in [-0.2, -0.15) is 0 Å². The fourth-order valence-corrected chi connectivity index (χ4v) is 4.28. The van der Waals surface area contributed by atoms with Crippen LogP contribution in [-0.4, -0.2) is 39.6 Å². The molecule has 0 saturated carbocycles. The van der Waals surface area contributed by atoms with Gasteiger partial charge >= 0.3 is 5.97 Å². The Kier molecular flexibility index (Phi) is 7.13. The standard InChI is InChI=1S/C19H20FN5O4S2/c1-10-11(2)31-17(16(10)18(27)28-3)22-15(26)9-30-19-24-23-14(25(19)21)8-29-13-6-4-12(20)5-7-13/h4-7H,8-9,21H2,1-3H3,(H,22,26). The molecule has 0 spiro atoms. The van der Waals surface area contributed by atoms with Crippen LogP contribution in [-0.2, 0) is 16.1 Å². The summed E-state index contributed by atoms with van der Waals surface area (Å²) < 4.78 is 24.5. The minimum absolute atomic E-state index is 0.00472. The van der Waals surface area contributed by atoms with Gasteiger partial charge in [-0.05, 0) is 43.7 Å². The third kappa shape index (κ3) is 5.33. The first-order valence-electron chi connectivity index (χ1n) is 8.98. The third-order valence-electron chi connectivity index (χ3n) is 4.28. The first-order valence-corrected chi connectivity index (χ1v) is 10.8. The van der Waals surface area contributed by atoms with E-state index >= 15 is 0 Å². The summed E-state index contributed by atoms with van der Waals surface area (Å²) in [4.78, 5) is 25.3. The molecule has 3 N–H and O–H groups in total. The zero-order valence-corrected chi connectivity index (χ0v) is 18.6. The van der Waals surface area contributed by atoms with Crippen molar-refractivity contribution < 1.29 is 23.5 Å². The van der Waals surface area contributed by atoms with E-state index in [1.165, 1.54) is 47.4 Å². The number of anilines is 1. The predicted octanol–water partition coefficient (Wildman–Crippen LogP) is 2.91. The maximum atomic E-state index is 12.9. The topological polar surface area (TPSA) is 121 Å². The molecule has 2 aromatic heterocycles. The summed E-state index contributed by atoms with van der Waals surface area (Å²) in [7, 11) is 1.29. The van der Waals surface area contributed by atoms with E-state index in [4.69, 9.17) is 15.3 Å². The zero-order chi connectivity index (χ0) is 22.5. The van der Waals surface area contributed by atoms with Crippen LogP contribution in [0.2, 0.25) is 0 Å². The predicted molar refractivity (Wildman–Crippen MR) is 115 cm³/mol. The number of benzene rings is 1. The number of hydrogen-bond acceptors (Lipinski definition) is 9. The monoisotopic (exact) mass is 465 g/mol. The maximum Gasteiger partial charge on any atom is 0.341 e. The number of hydrogen-bond donors (Lipinski definition) is 2. The molecule has 31 heavy (non-hydrogen) atoms. The van der Waals surface area contributed by atoms with Crippen LogP contribution in [0.5, 0.6) is 5.75 Å². The van der Waals surface area contributed by atoms with Crippen LogP contribution in [0.4, 0.5) is 9.39 Å². The average molecular weight is 466 g/mol. The molecular weight excluding hydrogens is 445 g/mol. The lowest BCUT2D eigenvalue weighted by atomic mass is 10.1. The number of thioether (sulfide) groups is 1. The summed E-state index contributed by atoms with van der Waals surface area (Å²) in [6.45, 7) is 3.69. The number of aryl methyl sites for hydroxylation is 1. The Hall–Kier alpha value is -3.12. The number of carbonyl (C=O) groups is 2. The number of aromatic nitrogens is 3. The fourth-order valence-electron chi connectivity index (χ4n) is 2.54. The number of ether oxygens (including phenoxy) is 2. The van der Waals surface area contributed by atoms with Gasteiger partial charge in [-0.25, -0.2) is 13.9 Å². The third-order valence-corrected chi connectivity index (χ3v) is 6.34. The van der Waals surface area contributed by atoms with Gasteiger partial charge in [-0.3, -0.25) is 4.79 Å². The second kappa shape index (κ2) is 9.79. The largest absolute Gasteiger partial charge is 0.486 e. The normalized spacial score (nSPS) is 10.7. The van der Waals surface area contributed by atoms with E-state index in [2.05, 4.69) is 15.5 Å². The van der Waals surface area contributed by atoms with Crippen molar-refractivity contribution in [3.8, 4) is 5.75 Å². The molecule has 2 heterocycles. The van der Waals surface area contributed by atoms with Crippen LogP contribution in [0, 0.1) is 19.7 Å². The van der Waals surface area contributed by atoms with Crippen molar-refractivity contribution in [1.29, 1.82) is 0 Å². The SMILES string of the molecule is COC(=O)c1c(NC(=O)CSc2nnc(COc3ccc(F)cc3)n2N)sc(C)c1C. The highest BCUT2D eigenvalue weighted by Crippen LogP contribution is 2.33. The van der Waals surface area contributed by atoms with E-state index in [1.54, 1.807) is 6.92 Å². The number of nitrogens with zero attached hydrogens (tertiary/aromatic N) is 3. The van der Waals surface area contributed by atoms with Crippen LogP contribution in [0.15, 0.2) is 29.4 Å². The molecule has 0 aliphatic rings. The molecule has 0 unspecified atom stereocenters. The van der Waals surface area contributed by atoms with Crippen LogP contribution in [0.1, 0.15) is 26.6 Å². The summed E-state index contributed by atoms with van der Waals surface area (Å²) in [6, 6.07) is 5.54. The van der Waals surface area contributed by atoms with Crippen molar-refractivity contribution in [3.63, 3.8) is 0 Å². The molecule has 3 aromatic rings. The minimum Gasteiger partial charge on any atom is -0.486 e. The lowest BCUT2D eigenvalue weighted by Crippen LogP contribution is -2.18. The number of nitrogens with two attached hydrogens (primary N) is 1. The molecule has 0 bridgehead atoms. The molecule has 1 amide bonds. The first-order chi connectivity index (χ1) is 14.8. The van der Waals surface area contributed by atoms with E-state index < -0.39 is 5.97 Å². The van der Waals surface area contributed by atoms with Crippen molar-refractivity contribution in [3.05, 3.63) is 51.9 Å². The number of halogens is 1. The minimum atomic E-state index is -0.502. The Labute approximate surface area is 185 Å². The molecule has 164 valence electrons. The fraction of sp³-hybridized carbons (Fsp3) is 0.263. The van der Waals surface area contributed by atoms with E-state index in [1.807, 2.05) is 6.92 Å². The average Bonchev–Trinajstić information content (AvgIpc) is 3.24. The van der Waals surface area contributed by atoms with Gasteiger partial charge in [0.1, 0.15) is 23.2 Å². The molecular formula is C19H20FN5O4S2. The summed E-state index contributed by atoms with van der Waals surface area (Å²) in [5, 5.41) is 11.4. The van der Waals surface area contributed by atoms with Gasteiger partial charge in [-0.15, -0.1) is 21.5 Å². The van der Waals surface area contributed by atoms with Gasteiger partial charge in [0.15, 0.2) is 5.82 Å². The molecule has 12 heteroatoms. The number of amides is 1. The summed E-state index contributed by atoms with van der Waals surface area (Å²) in [5.74, 6) is 5.58. The van der Waals surface area contributed by atoms with E-state index in [-0.39, 0.29) is 24.1 Å². The van der Waals surface area contributed by atoms with Crippen molar-refractivity contribution >= 4 is 40.0 Å². The second-order valence-corrected chi connectivity index (χ2v) is 8.49. The molecule has 0 fully saturated rings. The molecule has 0 radical (unpaired) electrons. The quantitative estimate of drug-likeness (QED) is 0.296. The van der Waals surface area contributed by atoms with Crippen LogP contribution < -0.4 is 15.9 Å². The molecule has 0 aliphatic carbocycles. The molecule has 0 atom stereocenters. The van der Waals surface area contributed by atoms with Crippen molar-refractivity contribution in [2.24, 2.45) is 0 Å². The number of rotatable bonds is 8. The Morgan fingerprint density at radius 2 is 1.97 bits per heavy atom. The lowest BCUT2D eigenvalue weighted by molar-refractivity contribution is -0.113. The van der Waals surface area contributed by atoms with Gasteiger partial charge < -0.3 is 20.6 Å². The Balaban J connectivity index is 1.58. The second-order valence-electron chi connectivity index (χ2n) is 6.33. The summed E-state index contributed by atoms with van der Waals surface area (Å²) in [5.41, 5.74) is 1.12. The number of thiophene rings is 1. The number of nitrogen functional groups attached to an aromatic ring is 1. The van der Waals surface area contributed by atoms with E-state index in [0.717, 1.165) is 22.2 Å². The van der Waals surface area contributed by atoms with Gasteiger partial charge in [0.05, 0.1) is 18.4 Å². The maximum absolute atomic E-state index is 12.9. The van der Waals surface area contributed by atoms with E-state index in [0.29, 0.717) is 27.3 Å². The van der Waals surface area contributed by atoms with E-state index in [9.17, 15) is 14.0 Å². The van der Waals surface area contributed by atoms with Crippen LogP contribution in [0.25, 0.3) is 0 Å². The summed E-state index contributed by atoms with van der Waals surface area (Å²) >= 11 is 2.39. The first kappa shape index (κ1) is 22.6. The van der Waals surface area contributed by atoms with Crippen molar-refractivity contribution in [2.45, 2.75) is 25.6 Å². The Morgan fingerprint density at radius 3 is 2.65 bits per heavy atom. The van der Waals surface area contributed by atoms with Crippen LogP contribution >= 0.6 is 23.1 Å². The zero-order valence-electron chi connectivity index (χ0n) is 17.0. The van der Waals surface area contributed by atoms with Gasteiger partial charge in [0.2, 0.25) is 11.1 Å². The summed E-state index contributed by atoms with van der Waals surface area (Å²) in [6.07, 6.45) is 0. The Morgan fingerprint density at radius 1 is 1.26 bits per heavy atom. The molecule has 3 rings (SSSR count). The van der Waals surface area contributed by atoms with Gasteiger partial charge in [0.25, 0.3) is 0 Å². The number of methoxy groups -OCH3 is 1. The Bertz CT molecular complexity index is 1100. The molecule has 0 saturated heterocycles. The lowest BCUT2D eigenvalue weighted by Gasteiger charge is -2.07. The molecule has 1 aromatic carbocycles. The highest BCUT2D eigenvalue weighted by molar-refractivity contribution is 7.99. The highest BCUT2D eigenvalue weighted by Gasteiger charge is 2.22. The molecule has 9 nitrogen and oxygen atoms in total. The number of nitrogens with one attached hydrogen (secondary N) is 1. The van der Waals surface area contributed by atoms with Gasteiger partial charge in [-0.1, -0.05) is 11.8 Å².